The van der Waals surface area contributed by atoms with Crippen molar-refractivity contribution in [3.8, 4) is 17.6 Å². The molecule has 2 rings (SSSR count). The Balaban J connectivity index is 2.12. The lowest BCUT2D eigenvalue weighted by atomic mass is 10.2. The van der Waals surface area contributed by atoms with Crippen molar-refractivity contribution in [3.63, 3.8) is 0 Å². The molecule has 0 N–H and O–H groups in total. The molecule has 0 amide bonds. The Hall–Kier alpha value is -2.32. The first-order chi connectivity index (χ1) is 11.1. The highest BCUT2D eigenvalue weighted by Crippen LogP contribution is 2.27. The number of carbonyl (C=O) groups excluding carboxylic acids is 1. The van der Waals surface area contributed by atoms with Crippen LogP contribution < -0.4 is 4.74 Å². The van der Waals surface area contributed by atoms with Crippen molar-refractivity contribution in [1.29, 1.82) is 5.26 Å². The molecule has 0 heterocycles. The van der Waals surface area contributed by atoms with Crippen LogP contribution in [0.1, 0.15) is 35.7 Å². The average Bonchev–Trinajstić information content (AvgIpc) is 2.57. The third-order valence-electron chi connectivity index (χ3n) is 3.11. The van der Waals surface area contributed by atoms with E-state index in [2.05, 4.69) is 22.0 Å². The number of hydrogen-bond donors (Lipinski definition) is 0. The van der Waals surface area contributed by atoms with Crippen molar-refractivity contribution in [2.24, 2.45) is 0 Å². The first kappa shape index (κ1) is 17.0. The summed E-state index contributed by atoms with van der Waals surface area (Å²) in [5.74, 6) is 0.743. The van der Waals surface area contributed by atoms with Crippen molar-refractivity contribution in [1.82, 2.24) is 0 Å². The van der Waals surface area contributed by atoms with Gasteiger partial charge in [0.25, 0.3) is 0 Å². The fourth-order valence-electron chi connectivity index (χ4n) is 1.84. The third kappa shape index (κ3) is 4.83. The van der Waals surface area contributed by atoms with Crippen LogP contribution in [0.5, 0.6) is 11.5 Å². The van der Waals surface area contributed by atoms with Crippen LogP contribution in [0.15, 0.2) is 46.9 Å². The molecule has 0 fully saturated rings. The molecule has 0 aliphatic heterocycles. The average molecular weight is 374 g/mol. The van der Waals surface area contributed by atoms with Gasteiger partial charge in [-0.1, -0.05) is 13.3 Å². The van der Waals surface area contributed by atoms with Crippen LogP contribution in [-0.4, -0.2) is 12.6 Å². The molecule has 2 aromatic rings. The molecule has 4 nitrogen and oxygen atoms in total. The first-order valence-corrected chi connectivity index (χ1v) is 8.08. The Morgan fingerprint density at radius 3 is 2.52 bits per heavy atom. The molecule has 0 radical (unpaired) electrons. The highest BCUT2D eigenvalue weighted by molar-refractivity contribution is 9.10. The Morgan fingerprint density at radius 2 is 1.87 bits per heavy atom. The van der Waals surface area contributed by atoms with Crippen molar-refractivity contribution in [2.45, 2.75) is 19.8 Å². The lowest BCUT2D eigenvalue weighted by Crippen LogP contribution is -2.07. The number of rotatable bonds is 6. The fourth-order valence-corrected chi connectivity index (χ4v) is 2.25. The van der Waals surface area contributed by atoms with E-state index >= 15 is 0 Å². The van der Waals surface area contributed by atoms with Crippen molar-refractivity contribution in [2.75, 3.05) is 6.61 Å². The number of carbonyl (C=O) groups is 1. The Morgan fingerprint density at radius 1 is 1.17 bits per heavy atom. The monoisotopic (exact) mass is 373 g/mol. The highest BCUT2D eigenvalue weighted by atomic mass is 79.9. The van der Waals surface area contributed by atoms with Gasteiger partial charge in [-0.2, -0.15) is 5.26 Å². The SMILES string of the molecule is CCCCOC(=O)c1cc(Oc2ccc(C#N)cc2)ccc1Br. The Kier molecular flexibility index (Phi) is 6.19. The van der Waals surface area contributed by atoms with Gasteiger partial charge >= 0.3 is 5.97 Å². The van der Waals surface area contributed by atoms with Crippen LogP contribution in [0.25, 0.3) is 0 Å². The molecule has 0 aliphatic rings. The van der Waals surface area contributed by atoms with Crippen molar-refractivity contribution in [3.05, 3.63) is 58.1 Å². The lowest BCUT2D eigenvalue weighted by molar-refractivity contribution is 0.0498. The highest BCUT2D eigenvalue weighted by Gasteiger charge is 2.13. The van der Waals surface area contributed by atoms with Crippen LogP contribution >= 0.6 is 15.9 Å². The summed E-state index contributed by atoms with van der Waals surface area (Å²) in [5.41, 5.74) is 0.987. The zero-order chi connectivity index (χ0) is 16.7. The largest absolute Gasteiger partial charge is 0.462 e. The number of hydrogen-bond acceptors (Lipinski definition) is 4. The summed E-state index contributed by atoms with van der Waals surface area (Å²) in [7, 11) is 0. The van der Waals surface area contributed by atoms with Gasteiger partial charge in [0.05, 0.1) is 23.8 Å². The van der Waals surface area contributed by atoms with Crippen molar-refractivity contribution < 1.29 is 14.3 Å². The third-order valence-corrected chi connectivity index (χ3v) is 3.80. The molecular formula is C18H16BrNO3. The molecule has 0 saturated carbocycles. The smallest absolute Gasteiger partial charge is 0.339 e. The zero-order valence-corrected chi connectivity index (χ0v) is 14.3. The maximum atomic E-state index is 12.1. The lowest BCUT2D eigenvalue weighted by Gasteiger charge is -2.09. The van der Waals surface area contributed by atoms with E-state index in [0.717, 1.165) is 12.8 Å². The molecular weight excluding hydrogens is 358 g/mol. The summed E-state index contributed by atoms with van der Waals surface area (Å²) in [5, 5.41) is 8.79. The number of nitriles is 1. The van der Waals surface area contributed by atoms with Crippen LogP contribution in [0.3, 0.4) is 0 Å². The number of esters is 1. The summed E-state index contributed by atoms with van der Waals surface area (Å²) in [6.07, 6.45) is 1.81. The molecule has 0 spiro atoms. The van der Waals surface area contributed by atoms with Crippen LogP contribution in [0.2, 0.25) is 0 Å². The predicted octanol–water partition coefficient (Wildman–Crippen LogP) is 5.07. The fraction of sp³-hybridized carbons (Fsp3) is 0.222. The number of benzene rings is 2. The molecule has 5 heteroatoms. The Labute approximate surface area is 143 Å². The molecule has 0 aromatic heterocycles. The molecule has 118 valence electrons. The molecule has 0 saturated heterocycles. The standard InChI is InChI=1S/C18H16BrNO3/c1-2-3-10-22-18(21)16-11-15(8-9-17(16)19)23-14-6-4-13(12-20)5-7-14/h4-9,11H,2-3,10H2,1H3. The minimum atomic E-state index is -0.379. The van der Waals surface area contributed by atoms with E-state index < -0.39 is 0 Å². The molecule has 23 heavy (non-hydrogen) atoms. The second-order valence-electron chi connectivity index (χ2n) is 4.87. The van der Waals surface area contributed by atoms with E-state index in [1.807, 2.05) is 6.92 Å². The molecule has 0 atom stereocenters. The van der Waals surface area contributed by atoms with Gasteiger partial charge in [0, 0.05) is 4.47 Å². The summed E-state index contributed by atoms with van der Waals surface area (Å²) < 4.78 is 11.6. The second-order valence-corrected chi connectivity index (χ2v) is 5.72. The van der Waals surface area contributed by atoms with E-state index in [0.29, 0.717) is 33.7 Å². The van der Waals surface area contributed by atoms with Gasteiger partial charge in [0.15, 0.2) is 0 Å². The summed E-state index contributed by atoms with van der Waals surface area (Å²) in [4.78, 5) is 12.1. The summed E-state index contributed by atoms with van der Waals surface area (Å²) >= 11 is 3.35. The second kappa shape index (κ2) is 8.35. The van der Waals surface area contributed by atoms with Gasteiger partial charge in [-0.25, -0.2) is 4.79 Å². The Bertz CT molecular complexity index is 720. The minimum Gasteiger partial charge on any atom is -0.462 e. The van der Waals surface area contributed by atoms with E-state index in [1.165, 1.54) is 0 Å². The molecule has 0 aliphatic carbocycles. The van der Waals surface area contributed by atoms with Crippen LogP contribution in [0.4, 0.5) is 0 Å². The molecule has 0 bridgehead atoms. The van der Waals surface area contributed by atoms with Gasteiger partial charge in [-0.3, -0.25) is 0 Å². The van der Waals surface area contributed by atoms with Gasteiger partial charge < -0.3 is 9.47 Å². The molecule has 0 unspecified atom stereocenters. The van der Waals surface area contributed by atoms with E-state index in [9.17, 15) is 4.79 Å². The van der Waals surface area contributed by atoms with E-state index in [-0.39, 0.29) is 5.97 Å². The number of nitrogens with zero attached hydrogens (tertiary/aromatic N) is 1. The topological polar surface area (TPSA) is 59.3 Å². The molecule has 2 aromatic carbocycles. The minimum absolute atomic E-state index is 0.379. The van der Waals surface area contributed by atoms with Crippen LogP contribution in [0, 0.1) is 11.3 Å². The maximum Gasteiger partial charge on any atom is 0.339 e. The van der Waals surface area contributed by atoms with E-state index in [1.54, 1.807) is 42.5 Å². The maximum absolute atomic E-state index is 12.1. The number of halogens is 1. The summed E-state index contributed by atoms with van der Waals surface area (Å²) in [6, 6.07) is 14.0. The van der Waals surface area contributed by atoms with Gasteiger partial charge in [0.1, 0.15) is 11.5 Å². The van der Waals surface area contributed by atoms with Crippen LogP contribution in [-0.2, 0) is 4.74 Å². The normalized spacial score (nSPS) is 9.96. The van der Waals surface area contributed by atoms with E-state index in [4.69, 9.17) is 14.7 Å². The number of unbranched alkanes of at least 4 members (excludes halogenated alkanes) is 1. The first-order valence-electron chi connectivity index (χ1n) is 7.28. The van der Waals surface area contributed by atoms with Gasteiger partial charge in [-0.15, -0.1) is 0 Å². The van der Waals surface area contributed by atoms with Gasteiger partial charge in [-0.05, 0) is 64.8 Å². The van der Waals surface area contributed by atoms with Gasteiger partial charge in [0.2, 0.25) is 0 Å². The quantitative estimate of drug-likeness (QED) is 0.523. The summed E-state index contributed by atoms with van der Waals surface area (Å²) in [6.45, 7) is 2.44. The zero-order valence-electron chi connectivity index (χ0n) is 12.7. The number of ether oxygens (including phenoxy) is 2. The van der Waals surface area contributed by atoms with Crippen molar-refractivity contribution >= 4 is 21.9 Å². The predicted molar refractivity (Wildman–Crippen MR) is 90.6 cm³/mol.